The molecule has 0 aromatic heterocycles. The summed E-state index contributed by atoms with van der Waals surface area (Å²) in [5, 5.41) is 0. The first-order valence-corrected chi connectivity index (χ1v) is 9.41. The van der Waals surface area contributed by atoms with E-state index in [0.29, 0.717) is 5.75 Å². The summed E-state index contributed by atoms with van der Waals surface area (Å²) in [6.45, 7) is 7.91. The Morgan fingerprint density at radius 2 is 1.59 bits per heavy atom. The molecule has 5 heteroatoms. The van der Waals surface area contributed by atoms with Gasteiger partial charge in [0.25, 0.3) is 8.32 Å². The topological polar surface area (TPSA) is 18.5 Å². The highest BCUT2D eigenvalue weighted by atomic mass is 35.5. The van der Waals surface area contributed by atoms with Crippen molar-refractivity contribution in [2.45, 2.75) is 37.5 Å². The van der Waals surface area contributed by atoms with Gasteiger partial charge in [0.2, 0.25) is 0 Å². The zero-order chi connectivity index (χ0) is 13.1. The molecule has 0 saturated heterocycles. The second-order valence-electron chi connectivity index (χ2n) is 4.62. The van der Waals surface area contributed by atoms with Crippen LogP contribution in [0.4, 0.5) is 0 Å². The largest absolute Gasteiger partial charge is 0.539 e. The lowest BCUT2D eigenvalue weighted by Gasteiger charge is -2.26. The molecule has 17 heavy (non-hydrogen) atoms. The van der Waals surface area contributed by atoms with Crippen LogP contribution in [0.5, 0.6) is 11.5 Å². The van der Waals surface area contributed by atoms with Gasteiger partial charge in [-0.3, -0.25) is 0 Å². The summed E-state index contributed by atoms with van der Waals surface area (Å²) < 4.78 is 11.2. The summed E-state index contributed by atoms with van der Waals surface area (Å²) >= 11 is 11.9. The number of hydrogen-bond donors (Lipinski definition) is 0. The van der Waals surface area contributed by atoms with Gasteiger partial charge >= 0.3 is 0 Å². The van der Waals surface area contributed by atoms with Gasteiger partial charge in [0.1, 0.15) is 10.2 Å². The van der Waals surface area contributed by atoms with Crippen molar-refractivity contribution in [3.05, 3.63) is 24.3 Å². The second-order valence-corrected chi connectivity index (χ2v) is 10.4. The van der Waals surface area contributed by atoms with Crippen molar-refractivity contribution in [2.75, 3.05) is 0 Å². The first-order valence-electron chi connectivity index (χ1n) is 5.56. The molecule has 0 N–H and O–H groups in total. The fourth-order valence-electron chi connectivity index (χ4n) is 1.21. The molecule has 1 rings (SSSR count). The quantitative estimate of drug-likeness (QED) is 0.591. The summed E-state index contributed by atoms with van der Waals surface area (Å²) in [4.78, 5) is 0. The maximum absolute atomic E-state index is 5.95. The third-order valence-corrected chi connectivity index (χ3v) is 7.06. The number of para-hydroxylation sites is 2. The molecule has 1 aromatic carbocycles. The van der Waals surface area contributed by atoms with E-state index in [2.05, 4.69) is 0 Å². The third kappa shape index (κ3) is 4.41. The fraction of sp³-hybridized carbons (Fsp3) is 0.500. The lowest BCUT2D eigenvalue weighted by atomic mass is 10.3. The molecule has 0 radical (unpaired) electrons. The average Bonchev–Trinajstić information content (AvgIpc) is 2.19. The van der Waals surface area contributed by atoms with Crippen LogP contribution in [-0.4, -0.2) is 18.9 Å². The Morgan fingerprint density at radius 3 is 2.06 bits per heavy atom. The van der Waals surface area contributed by atoms with Crippen molar-refractivity contribution in [3.8, 4) is 11.5 Å². The molecule has 0 saturated carbocycles. The highest BCUT2D eigenvalue weighted by Gasteiger charge is 2.33. The normalized spacial score (nSPS) is 12.0. The summed E-state index contributed by atoms with van der Waals surface area (Å²) in [5.41, 5.74) is 0. The minimum absolute atomic E-state index is 0.104. The van der Waals surface area contributed by atoms with Gasteiger partial charge in [0.05, 0.1) is 6.10 Å². The van der Waals surface area contributed by atoms with Crippen molar-refractivity contribution >= 4 is 31.5 Å². The molecule has 0 amide bonds. The number of rotatable bonds is 5. The number of hydrogen-bond acceptors (Lipinski definition) is 2. The Balaban J connectivity index is 2.90. The first kappa shape index (κ1) is 14.7. The molecule has 2 nitrogen and oxygen atoms in total. The lowest BCUT2D eigenvalue weighted by molar-refractivity contribution is 0.235. The summed E-state index contributed by atoms with van der Waals surface area (Å²) in [6.07, 6.45) is 0.104. The molecule has 96 valence electrons. The molecule has 0 atom stereocenters. The Bertz CT molecular complexity index is 367. The summed E-state index contributed by atoms with van der Waals surface area (Å²) in [7, 11) is -2.15. The van der Waals surface area contributed by atoms with Crippen LogP contribution < -0.4 is 9.16 Å². The van der Waals surface area contributed by atoms with Crippen LogP contribution in [0.3, 0.4) is 0 Å². The lowest BCUT2D eigenvalue weighted by Crippen LogP contribution is -2.42. The molecule has 0 heterocycles. The molecular weight excluding hydrogens is 275 g/mol. The fourth-order valence-corrected chi connectivity index (χ4v) is 2.31. The van der Waals surface area contributed by atoms with Crippen molar-refractivity contribution in [1.29, 1.82) is 0 Å². The predicted octanol–water partition coefficient (Wildman–Crippen LogP) is 4.40. The van der Waals surface area contributed by atoms with Crippen LogP contribution >= 0.6 is 23.2 Å². The molecule has 1 aromatic rings. The van der Waals surface area contributed by atoms with Gasteiger partial charge in [-0.05, 0) is 39.1 Å². The minimum Gasteiger partial charge on any atom is -0.539 e. The van der Waals surface area contributed by atoms with Gasteiger partial charge < -0.3 is 9.16 Å². The van der Waals surface area contributed by atoms with E-state index in [0.717, 1.165) is 5.75 Å². The molecule has 0 aliphatic rings. The van der Waals surface area contributed by atoms with Crippen LogP contribution in [0.2, 0.25) is 13.1 Å². The van der Waals surface area contributed by atoms with E-state index in [-0.39, 0.29) is 6.10 Å². The monoisotopic (exact) mass is 292 g/mol. The highest BCUT2D eigenvalue weighted by Crippen LogP contribution is 2.32. The molecule has 0 aliphatic carbocycles. The van der Waals surface area contributed by atoms with Crippen molar-refractivity contribution in [1.82, 2.24) is 0 Å². The maximum Gasteiger partial charge on any atom is 0.277 e. The number of halogens is 2. The minimum atomic E-state index is -2.15. The number of benzene rings is 1. The van der Waals surface area contributed by atoms with Crippen LogP contribution in [0.1, 0.15) is 13.8 Å². The van der Waals surface area contributed by atoms with Crippen molar-refractivity contribution < 1.29 is 9.16 Å². The van der Waals surface area contributed by atoms with Crippen molar-refractivity contribution in [3.63, 3.8) is 0 Å². The molecule has 0 spiro atoms. The number of alkyl halides is 2. The second kappa shape index (κ2) is 5.98. The summed E-state index contributed by atoms with van der Waals surface area (Å²) in [5.74, 6) is 1.45. The Hall–Kier alpha value is -0.383. The third-order valence-electron chi connectivity index (χ3n) is 2.11. The molecule has 0 aliphatic heterocycles. The van der Waals surface area contributed by atoms with Crippen LogP contribution in [0, 0.1) is 0 Å². The van der Waals surface area contributed by atoms with E-state index in [4.69, 9.17) is 32.4 Å². The van der Waals surface area contributed by atoms with Crippen molar-refractivity contribution in [2.24, 2.45) is 0 Å². The van der Waals surface area contributed by atoms with E-state index >= 15 is 0 Å². The van der Waals surface area contributed by atoms with E-state index < -0.39 is 12.8 Å². The summed E-state index contributed by atoms with van der Waals surface area (Å²) in [6, 6.07) is 7.59. The van der Waals surface area contributed by atoms with E-state index in [1.807, 2.05) is 51.2 Å². The van der Waals surface area contributed by atoms with Gasteiger partial charge in [-0.2, -0.15) is 0 Å². The zero-order valence-electron chi connectivity index (χ0n) is 10.5. The Morgan fingerprint density at radius 1 is 1.06 bits per heavy atom. The van der Waals surface area contributed by atoms with Crippen LogP contribution in [-0.2, 0) is 0 Å². The zero-order valence-corrected chi connectivity index (χ0v) is 13.0. The van der Waals surface area contributed by atoms with E-state index in [1.54, 1.807) is 0 Å². The standard InChI is InChI=1S/C12H18Cl2O2Si/c1-9(2)15-10-7-5-6-8-11(10)16-17(3,4)12(13)14/h5-9,12H,1-4H3. The predicted molar refractivity (Wildman–Crippen MR) is 75.8 cm³/mol. The van der Waals surface area contributed by atoms with Crippen LogP contribution in [0.25, 0.3) is 0 Å². The van der Waals surface area contributed by atoms with Gasteiger partial charge in [0.15, 0.2) is 5.75 Å². The SMILES string of the molecule is CC(C)Oc1ccccc1O[Si](C)(C)C(Cl)Cl. The van der Waals surface area contributed by atoms with Gasteiger partial charge in [-0.25, -0.2) is 0 Å². The molecule has 0 bridgehead atoms. The smallest absolute Gasteiger partial charge is 0.277 e. The molecule has 0 fully saturated rings. The van der Waals surface area contributed by atoms with E-state index in [9.17, 15) is 0 Å². The average molecular weight is 293 g/mol. The Labute approximate surface area is 114 Å². The molecular formula is C12H18Cl2O2Si. The molecule has 0 unspecified atom stereocenters. The maximum atomic E-state index is 5.95. The van der Waals surface area contributed by atoms with Gasteiger partial charge in [-0.1, -0.05) is 12.1 Å². The highest BCUT2D eigenvalue weighted by molar-refractivity contribution is 6.88. The van der Waals surface area contributed by atoms with Crippen LogP contribution in [0.15, 0.2) is 24.3 Å². The Kier molecular flexibility index (Phi) is 5.16. The van der Waals surface area contributed by atoms with E-state index in [1.165, 1.54) is 0 Å². The number of ether oxygens (including phenoxy) is 1. The van der Waals surface area contributed by atoms with Gasteiger partial charge in [0, 0.05) is 0 Å². The first-order chi connectivity index (χ1) is 7.83. The van der Waals surface area contributed by atoms with Gasteiger partial charge in [-0.15, -0.1) is 23.2 Å².